The number of ether oxygens (including phenoxy) is 16. The van der Waals surface area contributed by atoms with Gasteiger partial charge in [0.05, 0.1) is 124 Å². The number of anilines is 5. The molecule has 14 rings (SSSR count). The molecule has 0 radical (unpaired) electrons. The number of methoxy groups -OCH3 is 5. The summed E-state index contributed by atoms with van der Waals surface area (Å²) in [4.78, 5) is 177. The second-order valence-corrected chi connectivity index (χ2v) is 43.6. The summed E-state index contributed by atoms with van der Waals surface area (Å²) >= 11 is 16.6. The minimum Gasteiger partial charge on any atom is -0.780 e. The van der Waals surface area contributed by atoms with Crippen molar-refractivity contribution in [2.24, 2.45) is 0 Å². The number of hydrogen-bond donors (Lipinski definition) is 8. The largest absolute Gasteiger partial charge is 0.780 e. The Labute approximate surface area is 829 Å². The molecule has 0 bridgehead atoms. The summed E-state index contributed by atoms with van der Waals surface area (Å²) in [6.45, 7) is -17.1. The number of H-pyrrole nitrogens is 2. The molecule has 61 nitrogen and oxygen atoms in total. The third-order valence-corrected chi connectivity index (χ3v) is 29.7. The quantitative estimate of drug-likeness (QED) is 0.0101. The summed E-state index contributed by atoms with van der Waals surface area (Å²) < 4.78 is 207. The summed E-state index contributed by atoms with van der Waals surface area (Å²) in [6, 6.07) is 1.20. The molecule has 0 aromatic carbocycles. The average Bonchev–Trinajstić information content (AvgIpc) is 1.62. The van der Waals surface area contributed by atoms with Gasteiger partial charge in [0.2, 0.25) is 5.95 Å². The summed E-state index contributed by atoms with van der Waals surface area (Å²) in [7, 11) is -5.73. The molecule has 14 heterocycles. The molecule has 6 saturated heterocycles. The van der Waals surface area contributed by atoms with E-state index in [2.05, 4.69) is 49.8 Å². The van der Waals surface area contributed by atoms with Gasteiger partial charge in [-0.15, -0.1) is 0 Å². The molecule has 0 amide bonds. The van der Waals surface area contributed by atoms with Gasteiger partial charge in [-0.1, -0.05) is 30.5 Å². The van der Waals surface area contributed by atoms with E-state index in [9.17, 15) is 43.7 Å². The maximum atomic E-state index is 15.5. The van der Waals surface area contributed by atoms with Gasteiger partial charge >= 0.3 is 22.8 Å². The number of rotatable bonds is 52. The zero-order valence-corrected chi connectivity index (χ0v) is 84.8. The van der Waals surface area contributed by atoms with Crippen LogP contribution in [0.3, 0.4) is 0 Å². The van der Waals surface area contributed by atoms with Crippen molar-refractivity contribution in [3.8, 4) is 0 Å². The van der Waals surface area contributed by atoms with E-state index in [0.717, 1.165) is 43.3 Å². The highest BCUT2D eigenvalue weighted by Gasteiger charge is 2.57. The van der Waals surface area contributed by atoms with Gasteiger partial charge in [-0.05, 0) is 33.3 Å². The zero-order valence-electron chi connectivity index (χ0n) is 77.9. The van der Waals surface area contributed by atoms with Crippen LogP contribution in [0.2, 0.25) is 0 Å². The smallest absolute Gasteiger partial charge is 0.351 e. The third-order valence-electron chi connectivity index (χ3n) is 23.1. The van der Waals surface area contributed by atoms with Gasteiger partial charge < -0.3 is 187 Å². The van der Waals surface area contributed by atoms with Gasteiger partial charge in [0, 0.05) is 83.4 Å². The molecule has 8 aromatic heterocycles. The van der Waals surface area contributed by atoms with E-state index in [-0.39, 0.29) is 122 Å². The Balaban J connectivity index is 0.758. The predicted molar refractivity (Wildman–Crippen MR) is 492 cm³/mol. The topological polar surface area (TPSA) is 800 Å². The minimum atomic E-state index is -6.23. The number of nitrogen functional groups attached to an aromatic ring is 5. The van der Waals surface area contributed by atoms with Gasteiger partial charge in [0.15, 0.2) is 60.6 Å². The Morgan fingerprint density at radius 2 is 0.868 bits per heavy atom. The molecule has 13 N–H and O–H groups in total. The number of aromatic amines is 2. The van der Waals surface area contributed by atoms with Crippen LogP contribution in [-0.4, -0.2) is 321 Å². The SMILES string of the molecule is CC[C@H]1O[C@@H](n2cc(C)c(N)nc2=O)C[C@H]1OP([O-])(=S)OC[C@H]1O[C@@H](n2cnc3c(N)ncnc32)C(OCCOC)[C@H]1OP(=O)([O-])OC[C@H]1O[C@@H](n2cnc3c(=O)[nH]c(N)nc32)C(OCCOC)[C@H]1OP(=O)([O-])OC[C@H]1O[C@@H](n2cc(C)c(N)nc2=O)C(OCCOC)[C@H]1OP(=O)([S-])OC[C@H]1O[C@@H](n2ccc(N)nc2=O)C(OCCOC)[C@H]1OP([O-])(=S)OC[C@H]1O[C@@H](n2cc(C)c(=O)[nH]c2=O)C(OCCOC)[C@H]1O. The second kappa shape index (κ2) is 48.5. The number of aromatic nitrogens is 16. The maximum absolute atomic E-state index is 15.5. The van der Waals surface area contributed by atoms with Crippen molar-refractivity contribution >= 4 is 123 Å². The van der Waals surface area contributed by atoms with Crippen molar-refractivity contribution < 1.29 is 159 Å². The highest BCUT2D eigenvalue weighted by molar-refractivity contribution is 8.32. The highest BCUT2D eigenvalue weighted by Crippen LogP contribution is 2.57. The number of aliphatic hydroxyl groups excluding tert-OH is 1. The number of phosphoric ester groups is 2. The van der Waals surface area contributed by atoms with Gasteiger partial charge in [0.1, 0.15) is 141 Å². The minimum absolute atomic E-state index is 0.00252. The molecule has 69 heteroatoms. The number of hydrogen-bond acceptors (Lipinski definition) is 56. The lowest BCUT2D eigenvalue weighted by atomic mass is 10.1. The van der Waals surface area contributed by atoms with Crippen molar-refractivity contribution in [2.45, 2.75) is 182 Å². The lowest BCUT2D eigenvalue weighted by Crippen LogP contribution is -2.42. The molecular formula is C75H105N21O40P5S3-5. The van der Waals surface area contributed by atoms with E-state index in [4.69, 9.17) is 186 Å². The van der Waals surface area contributed by atoms with Crippen LogP contribution in [0.15, 0.2) is 78.6 Å². The number of nitrogens with two attached hydrogens (primary N) is 5. The molecule has 28 atom stereocenters. The summed E-state index contributed by atoms with van der Waals surface area (Å²) in [5, 5.41) is 11.7. The Hall–Kier alpha value is -7.68. The van der Waals surface area contributed by atoms with Crippen LogP contribution < -0.4 is 82.1 Å². The van der Waals surface area contributed by atoms with Gasteiger partial charge in [-0.2, -0.15) is 19.9 Å². The Kier molecular flexibility index (Phi) is 37.7. The lowest BCUT2D eigenvalue weighted by molar-refractivity contribution is -0.241. The fourth-order valence-electron chi connectivity index (χ4n) is 16.3. The summed E-state index contributed by atoms with van der Waals surface area (Å²) in [5.41, 5.74) is 24.7. The molecule has 6 aliphatic rings. The lowest BCUT2D eigenvalue weighted by Gasteiger charge is -2.36. The highest BCUT2D eigenvalue weighted by atomic mass is 32.7. The van der Waals surface area contributed by atoms with E-state index in [0.29, 0.717) is 5.56 Å². The van der Waals surface area contributed by atoms with Crippen LogP contribution in [0.4, 0.5) is 29.2 Å². The first kappa shape index (κ1) is 112. The number of nitrogens with one attached hydrogen (secondary N) is 2. The molecule has 6 aliphatic heterocycles. The van der Waals surface area contributed by atoms with Crippen LogP contribution in [0.5, 0.6) is 0 Å². The van der Waals surface area contributed by atoms with Crippen molar-refractivity contribution in [3.63, 3.8) is 0 Å². The maximum Gasteiger partial charge on any atom is 0.351 e. The average molecular weight is 2190 g/mol. The van der Waals surface area contributed by atoms with Crippen LogP contribution in [0.1, 0.15) is 73.8 Å². The first-order valence-corrected chi connectivity index (χ1v) is 54.4. The fraction of sp³-hybridized carbons (Fsp3) is 0.653. The molecule has 0 saturated carbocycles. The van der Waals surface area contributed by atoms with Crippen molar-refractivity contribution in [1.82, 2.24) is 77.2 Å². The fourth-order valence-corrected chi connectivity index (χ4v) is 22.5. The van der Waals surface area contributed by atoms with E-state index in [1.54, 1.807) is 13.8 Å². The molecular weight excluding hydrogens is 2090 g/mol. The molecule has 144 heavy (non-hydrogen) atoms. The number of aryl methyl sites for hydroxylation is 3. The molecule has 0 spiro atoms. The molecule has 8 aromatic rings. The van der Waals surface area contributed by atoms with Gasteiger partial charge in [-0.3, -0.25) is 60.7 Å². The van der Waals surface area contributed by atoms with E-state index < -0.39 is 263 Å². The number of aliphatic hydroxyl groups is 1. The van der Waals surface area contributed by atoms with Crippen molar-refractivity contribution in [1.29, 1.82) is 0 Å². The van der Waals surface area contributed by atoms with E-state index in [1.165, 1.54) is 83.3 Å². The normalized spacial score (nSPS) is 29.3. The Bertz CT molecular complexity index is 6440. The molecule has 6 fully saturated rings. The van der Waals surface area contributed by atoms with Crippen molar-refractivity contribution in [3.05, 3.63) is 129 Å². The number of imidazole rings is 2. The molecule has 798 valence electrons. The standard InChI is InChI=1S/C75H110N21O40P5S3/c1-10-38-39(23-46(126-38)92-24-35(2)59(77)86-73(92)101)132-139(108,142)124-30-43-51(55(117-19-14-112-6)69(131-43)95-33-83-47-61(79)81-32-82-62(47)95)134-137(104,105)121-28-41-50(56(118-20-15-113-7)70(130-41)96-34-84-48-63(96)88-71(80)89-65(48)99)133-138(106,107)122-29-42-52(58(120-22-17-115-9)68(129-42)93-25-36(3)60(78)87-74(93)102)135-141(110,144)125-31-44-53(57(119-21-16-114-8)67(128-44)91-12-11-45(76)85-72(91)100)136-140(109,143)123-27-40-49(97)54(116-18-13-111-5)66(127-40)94-26-37(4)64(98)90-75(94)103/h11-12,24-26,32-34,38-44,46,49-58,66-70,97H,10,13-23,27-31H2,1-9H3,(H,104,105)(H,106,107)(H,108,142)(H,109,143)(H,110,144)(H2,76,85,100)(H2,77,86,101)(H2,78,87,102)(H2,79,81,82)(H,90,98,103)(H3,80,88,89,99)/p-5/t38-,39-,40-,41-,42-,43-,44-,46-,49+,50+,51+,52+,53+,54?,55?,56?,57?,58?,66-,67-,68-,69-,70-,139?,140?,141?/m1/s1. The van der Waals surface area contributed by atoms with E-state index in [1.807, 2.05) is 0 Å². The zero-order chi connectivity index (χ0) is 104. The van der Waals surface area contributed by atoms with Crippen LogP contribution in [0.25, 0.3) is 22.3 Å². The van der Waals surface area contributed by atoms with Crippen LogP contribution in [0, 0.1) is 20.8 Å². The predicted octanol–water partition coefficient (Wildman–Crippen LogP) is -4.41. The van der Waals surface area contributed by atoms with Crippen LogP contribution in [-0.2, 0) is 171 Å². The number of fused-ring (bicyclic) bond motifs is 2. The van der Waals surface area contributed by atoms with Gasteiger partial charge in [-0.25, -0.2) is 39.1 Å². The third kappa shape index (κ3) is 26.6. The second-order valence-electron chi connectivity index (χ2n) is 32.7. The Morgan fingerprint density at radius 3 is 1.39 bits per heavy atom. The van der Waals surface area contributed by atoms with E-state index >= 15 is 23.5 Å². The summed E-state index contributed by atoms with van der Waals surface area (Å²) in [5.74, 6) is -1.09. The first-order valence-electron chi connectivity index (χ1n) is 43.8. The monoisotopic (exact) mass is 2190 g/mol. The molecule has 10 unspecified atom stereocenters. The number of phosphoric acid groups is 2. The molecule has 0 aliphatic carbocycles. The van der Waals surface area contributed by atoms with Gasteiger partial charge in [0.25, 0.3) is 26.8 Å². The first-order chi connectivity index (χ1) is 68.5. The summed E-state index contributed by atoms with van der Waals surface area (Å²) in [6.07, 6.45) is -30.3. The van der Waals surface area contributed by atoms with Crippen LogP contribution >= 0.6 is 35.9 Å². The number of nitrogens with zero attached hydrogens (tertiary/aromatic N) is 14. The Morgan fingerprint density at radius 1 is 0.444 bits per heavy atom. The van der Waals surface area contributed by atoms with Crippen molar-refractivity contribution in [2.75, 3.05) is 163 Å².